The van der Waals surface area contributed by atoms with Gasteiger partial charge in [0.25, 0.3) is 0 Å². The number of nitrogens with one attached hydrogen (secondary N) is 2. The molecule has 2 saturated heterocycles. The number of rotatable bonds is 8. The van der Waals surface area contributed by atoms with E-state index in [1.165, 1.54) is 0 Å². The summed E-state index contributed by atoms with van der Waals surface area (Å²) >= 11 is 0. The average molecular weight is 437 g/mol. The van der Waals surface area contributed by atoms with Crippen molar-refractivity contribution in [2.24, 2.45) is 11.8 Å². The van der Waals surface area contributed by atoms with Gasteiger partial charge in [-0.15, -0.1) is 0 Å². The van der Waals surface area contributed by atoms with Gasteiger partial charge in [-0.3, -0.25) is 4.79 Å². The Hall–Kier alpha value is -1.28. The zero-order valence-electron chi connectivity index (χ0n) is 18.5. The third-order valence-electron chi connectivity index (χ3n) is 6.69. The van der Waals surface area contributed by atoms with E-state index in [2.05, 4.69) is 23.6 Å². The van der Waals surface area contributed by atoms with Crippen LogP contribution in [0.5, 0.6) is 0 Å². The van der Waals surface area contributed by atoms with Gasteiger partial charge in [-0.1, -0.05) is 19.1 Å². The van der Waals surface area contributed by atoms with Gasteiger partial charge in [0, 0.05) is 24.4 Å². The van der Waals surface area contributed by atoms with Crippen LogP contribution in [-0.2, 0) is 16.0 Å². The molecule has 1 aromatic carbocycles. The number of anilines is 1. The Kier molecular flexibility index (Phi) is 8.07. The van der Waals surface area contributed by atoms with E-state index < -0.39 is 8.41 Å². The highest BCUT2D eigenvalue weighted by molar-refractivity contribution is 6.72. The molecule has 2 aliphatic rings. The zero-order chi connectivity index (χ0) is 21.7. The predicted molar refractivity (Wildman–Crippen MR) is 121 cm³/mol. The molecule has 3 rings (SSSR count). The van der Waals surface area contributed by atoms with Gasteiger partial charge in [0.05, 0.1) is 18.1 Å². The van der Waals surface area contributed by atoms with E-state index in [4.69, 9.17) is 4.74 Å². The van der Waals surface area contributed by atoms with Crippen LogP contribution < -0.4 is 10.6 Å². The molecule has 2 aliphatic heterocycles. The van der Waals surface area contributed by atoms with Crippen LogP contribution in [-0.4, -0.2) is 51.3 Å². The normalized spacial score (nSPS) is 29.7. The van der Waals surface area contributed by atoms with E-state index in [0.29, 0.717) is 6.42 Å². The summed E-state index contributed by atoms with van der Waals surface area (Å²) < 4.78 is 21.1. The molecular formula is C23H37FN2O3Si. The monoisotopic (exact) mass is 436 g/mol. The molecule has 30 heavy (non-hydrogen) atoms. The number of ether oxygens (including phenoxy) is 1. The van der Waals surface area contributed by atoms with Gasteiger partial charge in [0.2, 0.25) is 14.3 Å². The number of carbonyl (C=O) groups is 1. The second-order valence-electron chi connectivity index (χ2n) is 9.45. The summed E-state index contributed by atoms with van der Waals surface area (Å²) in [6.45, 7) is 7.35. The number of hydrogen-bond acceptors (Lipinski definition) is 4. The molecule has 7 heteroatoms. The Bertz CT molecular complexity index is 706. The van der Waals surface area contributed by atoms with Gasteiger partial charge in [-0.05, 0) is 75.4 Å². The highest BCUT2D eigenvalue weighted by Gasteiger charge is 2.50. The molecule has 0 bridgehead atoms. The summed E-state index contributed by atoms with van der Waals surface area (Å²) in [5.41, 5.74) is 1.89. The van der Waals surface area contributed by atoms with E-state index >= 15 is 0 Å². The molecule has 1 unspecified atom stereocenters. The van der Waals surface area contributed by atoms with Crippen LogP contribution in [0.25, 0.3) is 0 Å². The molecule has 2 heterocycles. The summed E-state index contributed by atoms with van der Waals surface area (Å²) in [6.07, 6.45) is 3.92. The topological polar surface area (TPSA) is 70.6 Å². The van der Waals surface area contributed by atoms with Crippen molar-refractivity contribution in [1.82, 2.24) is 5.32 Å². The number of benzene rings is 1. The third kappa shape index (κ3) is 5.90. The Morgan fingerprint density at radius 1 is 1.33 bits per heavy atom. The van der Waals surface area contributed by atoms with Gasteiger partial charge in [0.1, 0.15) is 0 Å². The van der Waals surface area contributed by atoms with Crippen LogP contribution in [0.1, 0.15) is 38.2 Å². The smallest absolute Gasteiger partial charge is 0.246 e. The second-order valence-corrected chi connectivity index (χ2v) is 13.2. The molecule has 0 saturated carbocycles. The quantitative estimate of drug-likeness (QED) is 0.427. The lowest BCUT2D eigenvalue weighted by Gasteiger charge is -2.28. The summed E-state index contributed by atoms with van der Waals surface area (Å²) in [6, 6.07) is 7.99. The minimum absolute atomic E-state index is 0.000588. The fraction of sp³-hybridized carbons (Fsp3) is 0.696. The fourth-order valence-electron chi connectivity index (χ4n) is 5.21. The maximum Gasteiger partial charge on any atom is 0.246 e. The lowest BCUT2D eigenvalue weighted by Crippen LogP contribution is -2.37. The van der Waals surface area contributed by atoms with Crippen molar-refractivity contribution in [3.05, 3.63) is 29.8 Å². The van der Waals surface area contributed by atoms with Crippen molar-refractivity contribution in [2.75, 3.05) is 25.0 Å². The lowest BCUT2D eigenvalue weighted by molar-refractivity contribution is -0.120. The number of aliphatic hydroxyl groups excluding tert-OH is 1. The summed E-state index contributed by atoms with van der Waals surface area (Å²) in [5.74, 6) is 0.260. The summed E-state index contributed by atoms with van der Waals surface area (Å²) in [5, 5.41) is 15.7. The number of aliphatic hydroxyl groups is 1. The highest BCUT2D eigenvalue weighted by Crippen LogP contribution is 2.46. The first kappa shape index (κ1) is 23.4. The molecule has 5 nitrogen and oxygen atoms in total. The maximum atomic E-state index is 14.9. The molecule has 3 N–H and O–H groups in total. The first-order valence-corrected chi connectivity index (χ1v) is 14.3. The van der Waals surface area contributed by atoms with E-state index in [1.807, 2.05) is 18.2 Å². The van der Waals surface area contributed by atoms with Crippen molar-refractivity contribution in [3.8, 4) is 0 Å². The molecule has 2 fully saturated rings. The van der Waals surface area contributed by atoms with Crippen LogP contribution in [0.3, 0.4) is 0 Å². The van der Waals surface area contributed by atoms with Crippen molar-refractivity contribution in [3.63, 3.8) is 0 Å². The van der Waals surface area contributed by atoms with E-state index in [-0.39, 0.29) is 42.1 Å². The predicted octanol–water partition coefficient (Wildman–Crippen LogP) is 3.89. The van der Waals surface area contributed by atoms with Crippen molar-refractivity contribution >= 4 is 20.0 Å². The zero-order valence-corrected chi connectivity index (χ0v) is 19.5. The lowest BCUT2D eigenvalue weighted by atomic mass is 9.95. The third-order valence-corrected chi connectivity index (χ3v) is 9.17. The number of amides is 1. The van der Waals surface area contributed by atoms with Crippen LogP contribution in [0.4, 0.5) is 9.80 Å². The summed E-state index contributed by atoms with van der Waals surface area (Å²) in [4.78, 5) is 12.5. The van der Waals surface area contributed by atoms with E-state index in [1.54, 1.807) is 13.1 Å². The molecule has 1 aromatic rings. The van der Waals surface area contributed by atoms with E-state index in [9.17, 15) is 14.0 Å². The van der Waals surface area contributed by atoms with Crippen LogP contribution in [0, 0.1) is 11.8 Å². The number of aryl methyl sites for hydroxylation is 1. The largest absolute Gasteiger partial charge is 0.396 e. The summed E-state index contributed by atoms with van der Waals surface area (Å²) in [7, 11) is -2.87. The Balaban J connectivity index is 1.58. The van der Waals surface area contributed by atoms with Crippen molar-refractivity contribution < 1.29 is 18.7 Å². The van der Waals surface area contributed by atoms with Crippen LogP contribution >= 0.6 is 0 Å². The van der Waals surface area contributed by atoms with Crippen molar-refractivity contribution in [1.29, 1.82) is 0 Å². The van der Waals surface area contributed by atoms with Gasteiger partial charge in [-0.25, -0.2) is 0 Å². The second kappa shape index (κ2) is 10.4. The molecule has 0 aliphatic carbocycles. The SMILES string of the molecule is C[C@@H]1[C@@H]([Si](C)(C)F)[C@H](CCO)O[C@@H]1CCc1cccc(NC(=O)C2CCCNC2)c1. The average Bonchev–Trinajstić information content (AvgIpc) is 3.03. The minimum atomic E-state index is -2.87. The highest BCUT2D eigenvalue weighted by atomic mass is 28.4. The van der Waals surface area contributed by atoms with Crippen LogP contribution in [0.2, 0.25) is 18.6 Å². The molecule has 0 radical (unpaired) electrons. The van der Waals surface area contributed by atoms with E-state index in [0.717, 1.165) is 50.0 Å². The number of carbonyl (C=O) groups excluding carboxylic acids is 1. The van der Waals surface area contributed by atoms with Gasteiger partial charge < -0.3 is 24.6 Å². The van der Waals surface area contributed by atoms with Crippen molar-refractivity contribution in [2.45, 2.75) is 69.9 Å². The first-order chi connectivity index (χ1) is 14.3. The number of hydrogen-bond donors (Lipinski definition) is 3. The molecule has 1 amide bonds. The maximum absolute atomic E-state index is 14.9. The number of halogens is 1. The molecule has 0 spiro atoms. The van der Waals surface area contributed by atoms with Gasteiger partial charge >= 0.3 is 0 Å². The first-order valence-electron chi connectivity index (χ1n) is 11.4. The van der Waals surface area contributed by atoms with Crippen LogP contribution in [0.15, 0.2) is 24.3 Å². The minimum Gasteiger partial charge on any atom is -0.396 e. The Morgan fingerprint density at radius 2 is 2.13 bits per heavy atom. The number of piperidine rings is 1. The molecular weight excluding hydrogens is 399 g/mol. The molecule has 5 atom stereocenters. The Labute approximate surface area is 181 Å². The standard InChI is InChI=1S/C23H37FN2O3Si/c1-16-20(29-21(11-13-27)22(16)30(2,3)24)10-9-17-6-4-8-19(14-17)26-23(28)18-7-5-12-25-15-18/h4,6,8,14,16,18,20-22,25,27H,5,7,9-13,15H2,1-3H3,(H,26,28)/t16-,18?,20+,21-,22+/m0/s1. The van der Waals surface area contributed by atoms with Gasteiger partial charge in [0.15, 0.2) is 0 Å². The fourth-order valence-corrected chi connectivity index (χ4v) is 7.80. The molecule has 0 aromatic heterocycles. The molecule has 168 valence electrons. The van der Waals surface area contributed by atoms with Gasteiger partial charge in [-0.2, -0.15) is 0 Å². The Morgan fingerprint density at radius 3 is 2.80 bits per heavy atom.